The monoisotopic (exact) mass is 348 g/mol. The fourth-order valence-corrected chi connectivity index (χ4v) is 2.49. The molecule has 2 aromatic rings. The molecule has 0 bridgehead atoms. The number of methoxy groups -OCH3 is 4. The zero-order valence-corrected chi connectivity index (χ0v) is 14.9. The minimum absolute atomic E-state index is 0.323. The summed E-state index contributed by atoms with van der Waals surface area (Å²) < 4.78 is 25.8. The van der Waals surface area contributed by atoms with Crippen LogP contribution in [0.2, 0.25) is 0 Å². The highest BCUT2D eigenvalue weighted by molar-refractivity contribution is 5.51. The third-order valence-electron chi connectivity index (χ3n) is 3.76. The highest BCUT2D eigenvalue weighted by Gasteiger charge is 2.22. The summed E-state index contributed by atoms with van der Waals surface area (Å²) in [6.45, 7) is 0.323. The molecule has 25 heavy (non-hydrogen) atoms. The maximum Gasteiger partial charge on any atom is 0.160 e. The lowest BCUT2D eigenvalue weighted by molar-refractivity contribution is 0.0906. The average Bonchev–Trinajstić information content (AvgIpc) is 2.67. The second-order valence-corrected chi connectivity index (χ2v) is 5.33. The second kappa shape index (κ2) is 9.03. The molecule has 6 nitrogen and oxygen atoms in total. The molecule has 1 aliphatic rings. The molecule has 1 N–H and O–H groups in total. The highest BCUT2D eigenvalue weighted by atomic mass is 16.5. The molecule has 0 aliphatic carbocycles. The maximum absolute atomic E-state index is 9.49. The maximum atomic E-state index is 9.49. The third-order valence-corrected chi connectivity index (χ3v) is 3.76. The number of ether oxygens (including phenoxy) is 5. The van der Waals surface area contributed by atoms with Crippen molar-refractivity contribution in [2.24, 2.45) is 0 Å². The minimum Gasteiger partial charge on any atom is -0.496 e. The van der Waals surface area contributed by atoms with E-state index in [0.29, 0.717) is 24.5 Å². The molecule has 0 amide bonds. The van der Waals surface area contributed by atoms with Crippen molar-refractivity contribution >= 4 is 0 Å². The lowest BCUT2D eigenvalue weighted by atomic mass is 10.0. The van der Waals surface area contributed by atoms with Gasteiger partial charge in [0, 0.05) is 24.1 Å². The van der Waals surface area contributed by atoms with E-state index in [-0.39, 0.29) is 0 Å². The fourth-order valence-electron chi connectivity index (χ4n) is 2.49. The lowest BCUT2D eigenvalue weighted by Gasteiger charge is -2.24. The Morgan fingerprint density at radius 2 is 1.48 bits per heavy atom. The second-order valence-electron chi connectivity index (χ2n) is 5.33. The van der Waals surface area contributed by atoms with E-state index in [1.165, 1.54) is 0 Å². The van der Waals surface area contributed by atoms with Crippen LogP contribution in [0, 0.1) is 0 Å². The van der Waals surface area contributed by atoms with Crippen molar-refractivity contribution in [1.29, 1.82) is 0 Å². The van der Waals surface area contributed by atoms with E-state index in [2.05, 4.69) is 0 Å². The van der Waals surface area contributed by atoms with Gasteiger partial charge in [0.2, 0.25) is 0 Å². The zero-order chi connectivity index (χ0) is 18.2. The molecule has 0 saturated heterocycles. The van der Waals surface area contributed by atoms with E-state index in [9.17, 15) is 5.11 Å². The van der Waals surface area contributed by atoms with E-state index in [0.717, 1.165) is 22.8 Å². The van der Waals surface area contributed by atoms with Crippen molar-refractivity contribution in [3.05, 3.63) is 42.0 Å². The van der Waals surface area contributed by atoms with E-state index in [1.54, 1.807) is 34.5 Å². The molecule has 0 aromatic heterocycles. The Kier molecular flexibility index (Phi) is 6.77. The van der Waals surface area contributed by atoms with Crippen molar-refractivity contribution in [3.63, 3.8) is 0 Å². The van der Waals surface area contributed by atoms with E-state index >= 15 is 0 Å². The Morgan fingerprint density at radius 1 is 0.880 bits per heavy atom. The number of rotatable bonds is 4. The van der Waals surface area contributed by atoms with Crippen LogP contribution < -0.4 is 23.7 Å². The zero-order valence-electron chi connectivity index (χ0n) is 14.9. The number of hydrogen-bond donors (Lipinski definition) is 1. The molecule has 0 spiro atoms. The van der Waals surface area contributed by atoms with Crippen LogP contribution in [-0.4, -0.2) is 46.3 Å². The summed E-state index contributed by atoms with van der Waals surface area (Å²) in [5.74, 6) is 3.66. The van der Waals surface area contributed by atoms with Crippen molar-refractivity contribution in [2.75, 3.05) is 35.0 Å². The summed E-state index contributed by atoms with van der Waals surface area (Å²) >= 11 is 0. The number of aliphatic hydroxyl groups is 1. The van der Waals surface area contributed by atoms with Crippen molar-refractivity contribution in [3.8, 4) is 28.7 Å². The molecule has 1 unspecified atom stereocenters. The van der Waals surface area contributed by atoms with Crippen molar-refractivity contribution in [2.45, 2.75) is 12.5 Å². The van der Waals surface area contributed by atoms with Gasteiger partial charge in [-0.15, -0.1) is 0 Å². The summed E-state index contributed by atoms with van der Waals surface area (Å²) in [4.78, 5) is 0. The normalized spacial score (nSPS) is 15.0. The summed E-state index contributed by atoms with van der Waals surface area (Å²) in [7, 11) is 6.44. The molecule has 0 radical (unpaired) electrons. The van der Waals surface area contributed by atoms with Gasteiger partial charge < -0.3 is 28.8 Å². The van der Waals surface area contributed by atoms with E-state index < -0.39 is 6.10 Å². The first kappa shape index (κ1) is 18.7. The van der Waals surface area contributed by atoms with Crippen LogP contribution in [-0.2, 0) is 6.42 Å². The van der Waals surface area contributed by atoms with Crippen LogP contribution in [0.5, 0.6) is 28.7 Å². The molecule has 6 heteroatoms. The summed E-state index contributed by atoms with van der Waals surface area (Å²) in [5, 5.41) is 9.49. The summed E-state index contributed by atoms with van der Waals surface area (Å²) in [6.07, 6.45) is 0.0995. The Morgan fingerprint density at radius 3 is 2.00 bits per heavy atom. The Bertz CT molecular complexity index is 645. The van der Waals surface area contributed by atoms with Crippen LogP contribution in [0.3, 0.4) is 0 Å². The largest absolute Gasteiger partial charge is 0.496 e. The number of aliphatic hydroxyl groups excluding tert-OH is 1. The van der Waals surface area contributed by atoms with Gasteiger partial charge in [-0.25, -0.2) is 0 Å². The first-order valence-electron chi connectivity index (χ1n) is 7.85. The van der Waals surface area contributed by atoms with Crippen molar-refractivity contribution < 1.29 is 28.8 Å². The molecule has 1 aliphatic heterocycles. The Hall–Kier alpha value is -2.60. The molecular weight excluding hydrogens is 324 g/mol. The number of hydrogen-bond acceptors (Lipinski definition) is 6. The predicted molar refractivity (Wildman–Crippen MR) is 94.3 cm³/mol. The van der Waals surface area contributed by atoms with Gasteiger partial charge in [-0.1, -0.05) is 12.1 Å². The van der Waals surface area contributed by atoms with Gasteiger partial charge in [0.05, 0.1) is 34.5 Å². The number of fused-ring (bicyclic) bond motifs is 1. The third kappa shape index (κ3) is 4.70. The molecule has 1 heterocycles. The summed E-state index contributed by atoms with van der Waals surface area (Å²) in [6, 6.07) is 11.1. The molecule has 1 atom stereocenters. The number of benzene rings is 2. The van der Waals surface area contributed by atoms with Gasteiger partial charge in [-0.3, -0.25) is 0 Å². The highest BCUT2D eigenvalue weighted by Crippen LogP contribution is 2.37. The SMILES string of the molecule is COc1cc(OC)c2c(c1)OCC(O)C2.COc1ccccc1OC. The van der Waals surface area contributed by atoms with E-state index in [4.69, 9.17) is 23.7 Å². The smallest absolute Gasteiger partial charge is 0.160 e. The lowest BCUT2D eigenvalue weighted by Crippen LogP contribution is -2.25. The molecular formula is C19H24O6. The first-order chi connectivity index (χ1) is 12.1. The average molecular weight is 348 g/mol. The minimum atomic E-state index is -0.459. The van der Waals surface area contributed by atoms with Crippen LogP contribution in [0.4, 0.5) is 0 Å². The first-order valence-corrected chi connectivity index (χ1v) is 7.85. The predicted octanol–water partition coefficient (Wildman–Crippen LogP) is 2.70. The van der Waals surface area contributed by atoms with Gasteiger partial charge in [-0.05, 0) is 12.1 Å². The van der Waals surface area contributed by atoms with Crippen LogP contribution >= 0.6 is 0 Å². The van der Waals surface area contributed by atoms with Gasteiger partial charge in [0.15, 0.2) is 11.5 Å². The molecule has 3 rings (SSSR count). The molecule has 136 valence electrons. The Labute approximate surface area is 147 Å². The van der Waals surface area contributed by atoms with E-state index in [1.807, 2.05) is 30.3 Å². The quantitative estimate of drug-likeness (QED) is 0.916. The van der Waals surface area contributed by atoms with Gasteiger partial charge in [0.1, 0.15) is 23.9 Å². The van der Waals surface area contributed by atoms with Gasteiger partial charge in [0.25, 0.3) is 0 Å². The topological polar surface area (TPSA) is 66.4 Å². The van der Waals surface area contributed by atoms with Crippen LogP contribution in [0.15, 0.2) is 36.4 Å². The standard InChI is InChI=1S/C11H14O4.C8H10O2/c1-13-8-4-10(14-2)9-3-7(12)6-15-11(9)5-8;1-9-7-5-3-4-6-8(7)10-2/h4-5,7,12H,3,6H2,1-2H3;3-6H,1-2H3. The van der Waals surface area contributed by atoms with Crippen LogP contribution in [0.1, 0.15) is 5.56 Å². The molecule has 2 aromatic carbocycles. The van der Waals surface area contributed by atoms with Crippen molar-refractivity contribution in [1.82, 2.24) is 0 Å². The van der Waals surface area contributed by atoms with Crippen LogP contribution in [0.25, 0.3) is 0 Å². The molecule has 0 saturated carbocycles. The Balaban J connectivity index is 0.000000196. The summed E-state index contributed by atoms with van der Waals surface area (Å²) in [5.41, 5.74) is 0.900. The fraction of sp³-hybridized carbons (Fsp3) is 0.368. The number of para-hydroxylation sites is 2. The van der Waals surface area contributed by atoms with Gasteiger partial charge >= 0.3 is 0 Å². The molecule has 0 fully saturated rings. The van der Waals surface area contributed by atoms with Gasteiger partial charge in [-0.2, -0.15) is 0 Å².